The molecule has 0 saturated carbocycles. The molecule has 2 aromatic heterocycles. The number of aromatic nitrogens is 6. The molecule has 0 spiro atoms. The van der Waals surface area contributed by atoms with Gasteiger partial charge >= 0.3 is 54.0 Å². The summed E-state index contributed by atoms with van der Waals surface area (Å²) in [6.07, 6.45) is -0.459. The molecule has 24 nitrogen and oxygen atoms in total. The summed E-state index contributed by atoms with van der Waals surface area (Å²) < 4.78 is 61.3. The number of aliphatic hydroxyl groups excluding tert-OH is 3. The van der Waals surface area contributed by atoms with Crippen LogP contribution in [0.2, 0.25) is 0 Å². The van der Waals surface area contributed by atoms with Gasteiger partial charge in [0.15, 0.2) is 0 Å². The van der Waals surface area contributed by atoms with Crippen LogP contribution in [-0.4, -0.2) is 179 Å². The lowest BCUT2D eigenvalue weighted by Crippen LogP contribution is -2.26. The number of nitrogens with zero attached hydrogens (tertiary/aromatic N) is 6. The molecule has 6 atom stereocenters. The van der Waals surface area contributed by atoms with Gasteiger partial charge < -0.3 is 72.2 Å². The van der Waals surface area contributed by atoms with Crippen LogP contribution in [-0.2, 0) is 42.8 Å². The van der Waals surface area contributed by atoms with Gasteiger partial charge in [-0.15, -0.1) is 29.9 Å². The van der Waals surface area contributed by atoms with E-state index in [-0.39, 0.29) is 101 Å². The molecule has 5 heterocycles. The zero-order valence-corrected chi connectivity index (χ0v) is 30.5. The Balaban J connectivity index is 0.000000256. The summed E-state index contributed by atoms with van der Waals surface area (Å²) in [6, 6.07) is -0.658. The van der Waals surface area contributed by atoms with Crippen LogP contribution in [0.5, 0.6) is 36.1 Å². The SMILES string of the molecule is C=CC(=O)OCC(O)COc1nc(OCC(O)COC(=O)C=C)nc(OCC2CO2)n1.C=CC(=O)OCC(O)COc1nc(OCC2CO2)nc(OCC2CO2)n1. The van der Waals surface area contributed by atoms with Gasteiger partial charge in [-0.1, -0.05) is 19.7 Å². The van der Waals surface area contributed by atoms with Gasteiger partial charge in [0.25, 0.3) is 0 Å². The van der Waals surface area contributed by atoms with E-state index in [1.54, 1.807) is 0 Å². The second-order valence-corrected chi connectivity index (χ2v) is 11.6. The summed E-state index contributed by atoms with van der Waals surface area (Å²) >= 11 is 0. The third-order valence-corrected chi connectivity index (χ3v) is 6.52. The Bertz CT molecular complexity index is 1560. The molecule has 0 aliphatic carbocycles. The van der Waals surface area contributed by atoms with E-state index in [0.29, 0.717) is 33.0 Å². The van der Waals surface area contributed by atoms with Crippen LogP contribution < -0.4 is 28.4 Å². The number of esters is 3. The molecule has 3 fully saturated rings. The van der Waals surface area contributed by atoms with E-state index in [2.05, 4.69) is 49.6 Å². The highest BCUT2D eigenvalue weighted by Gasteiger charge is 2.27. The van der Waals surface area contributed by atoms with Gasteiger partial charge in [-0.3, -0.25) is 0 Å². The van der Waals surface area contributed by atoms with Gasteiger partial charge in [-0.2, -0.15) is 0 Å². The number of aliphatic hydroxyl groups is 3. The number of epoxide rings is 3. The predicted molar refractivity (Wildman–Crippen MR) is 183 cm³/mol. The van der Waals surface area contributed by atoms with Crippen molar-refractivity contribution in [3.05, 3.63) is 38.0 Å². The van der Waals surface area contributed by atoms with Gasteiger partial charge in [-0.05, 0) is 0 Å². The Hall–Kier alpha value is -5.79. The Morgan fingerprint density at radius 3 is 0.930 bits per heavy atom. The maximum absolute atomic E-state index is 11.0. The average molecular weight is 811 g/mol. The first-order valence-electron chi connectivity index (χ1n) is 17.1. The van der Waals surface area contributed by atoms with E-state index in [1.807, 2.05) is 0 Å². The van der Waals surface area contributed by atoms with Crippen molar-refractivity contribution in [1.82, 2.24) is 29.9 Å². The van der Waals surface area contributed by atoms with Gasteiger partial charge in [-0.25, -0.2) is 14.4 Å². The molecule has 0 radical (unpaired) electrons. The number of carbonyl (C=O) groups excluding carboxylic acids is 3. The van der Waals surface area contributed by atoms with Gasteiger partial charge in [0, 0.05) is 18.2 Å². The lowest BCUT2D eigenvalue weighted by atomic mass is 10.4. The fourth-order valence-electron chi connectivity index (χ4n) is 3.39. The molecule has 3 aliphatic heterocycles. The molecule has 2 aromatic rings. The number of rotatable bonds is 27. The van der Waals surface area contributed by atoms with E-state index in [9.17, 15) is 29.7 Å². The molecule has 3 aliphatic rings. The molecule has 24 heteroatoms. The van der Waals surface area contributed by atoms with Crippen LogP contribution in [0.25, 0.3) is 0 Å². The summed E-state index contributed by atoms with van der Waals surface area (Å²) in [6.45, 7) is 10.7. The third-order valence-electron chi connectivity index (χ3n) is 6.52. The highest BCUT2D eigenvalue weighted by atomic mass is 16.6. The minimum atomic E-state index is -1.16. The van der Waals surface area contributed by atoms with Crippen molar-refractivity contribution in [2.45, 2.75) is 36.6 Å². The summed E-state index contributed by atoms with van der Waals surface area (Å²) in [5.41, 5.74) is 0. The molecular formula is C33H42N6O18. The molecule has 0 amide bonds. The average Bonchev–Trinajstić information content (AvgIpc) is 4.06. The fourth-order valence-corrected chi connectivity index (χ4v) is 3.39. The van der Waals surface area contributed by atoms with E-state index >= 15 is 0 Å². The first-order chi connectivity index (χ1) is 27.5. The van der Waals surface area contributed by atoms with Crippen LogP contribution in [0, 0.1) is 0 Å². The van der Waals surface area contributed by atoms with Crippen LogP contribution in [0.15, 0.2) is 38.0 Å². The van der Waals surface area contributed by atoms with Crippen molar-refractivity contribution >= 4 is 17.9 Å². The Labute approximate surface area is 324 Å². The normalized spacial score (nSPS) is 18.7. The van der Waals surface area contributed by atoms with E-state index in [1.165, 1.54) is 0 Å². The van der Waals surface area contributed by atoms with Crippen LogP contribution in [0.4, 0.5) is 0 Å². The van der Waals surface area contributed by atoms with E-state index in [4.69, 9.17) is 56.8 Å². The van der Waals surface area contributed by atoms with Crippen LogP contribution in [0.3, 0.4) is 0 Å². The minimum Gasteiger partial charge on any atom is -0.460 e. The van der Waals surface area contributed by atoms with Crippen LogP contribution >= 0.6 is 0 Å². The number of carbonyl (C=O) groups is 3. The summed E-state index contributed by atoms with van der Waals surface area (Å²) in [7, 11) is 0. The molecule has 3 N–H and O–H groups in total. The van der Waals surface area contributed by atoms with Crippen molar-refractivity contribution in [1.29, 1.82) is 0 Å². The standard InChI is InChI=1S/C18H23N3O10.C15H19N3O8/c1-3-14(24)27-5-11(22)7-29-16-19-17(21-18(20-16)31-10-13-9-26-13)30-8-12(23)6-28-15(25)4-2;1-2-12(20)23-3-9(19)4-24-13-16-14(25-7-10-5-21-10)18-15(17-13)26-8-11-6-22-11/h3-4,11-13,22-23H,1-2,5-10H2;2,9-11,19H,1,3-8H2. The zero-order chi connectivity index (χ0) is 41.0. The van der Waals surface area contributed by atoms with Crippen molar-refractivity contribution < 1.29 is 86.5 Å². The predicted octanol–water partition coefficient (Wildman–Crippen LogP) is -2.52. The van der Waals surface area contributed by atoms with E-state index < -0.39 is 36.2 Å². The molecule has 57 heavy (non-hydrogen) atoms. The van der Waals surface area contributed by atoms with Crippen LogP contribution in [0.1, 0.15) is 0 Å². The molecule has 3 saturated heterocycles. The molecule has 0 bridgehead atoms. The topological polar surface area (TPSA) is 310 Å². The number of ether oxygens (including phenoxy) is 12. The second kappa shape index (κ2) is 23.3. The molecule has 0 aromatic carbocycles. The maximum Gasteiger partial charge on any atom is 0.330 e. The fraction of sp³-hybridized carbons (Fsp3) is 0.545. The monoisotopic (exact) mass is 810 g/mol. The summed E-state index contributed by atoms with van der Waals surface area (Å²) in [5.74, 6) is -2.02. The molecule has 6 unspecified atom stereocenters. The summed E-state index contributed by atoms with van der Waals surface area (Å²) in [4.78, 5) is 56.8. The highest BCUT2D eigenvalue weighted by molar-refractivity contribution is 5.81. The molecule has 312 valence electrons. The highest BCUT2D eigenvalue weighted by Crippen LogP contribution is 2.20. The van der Waals surface area contributed by atoms with Gasteiger partial charge in [0.2, 0.25) is 0 Å². The zero-order valence-electron chi connectivity index (χ0n) is 30.5. The Kier molecular flexibility index (Phi) is 18.0. The van der Waals surface area contributed by atoms with E-state index in [0.717, 1.165) is 18.2 Å². The summed E-state index contributed by atoms with van der Waals surface area (Å²) in [5, 5.41) is 29.4. The lowest BCUT2D eigenvalue weighted by molar-refractivity contribution is -0.142. The Morgan fingerprint density at radius 2 is 0.719 bits per heavy atom. The quantitative estimate of drug-likeness (QED) is 0.0363. The van der Waals surface area contributed by atoms with Crippen molar-refractivity contribution in [3.8, 4) is 36.1 Å². The largest absolute Gasteiger partial charge is 0.460 e. The third kappa shape index (κ3) is 19.1. The first-order valence-corrected chi connectivity index (χ1v) is 17.1. The van der Waals surface area contributed by atoms with Crippen molar-refractivity contribution in [3.63, 3.8) is 0 Å². The second-order valence-electron chi connectivity index (χ2n) is 11.6. The molecule has 5 rings (SSSR count). The Morgan fingerprint density at radius 1 is 0.491 bits per heavy atom. The van der Waals surface area contributed by atoms with Gasteiger partial charge in [0.1, 0.15) is 96.1 Å². The minimum absolute atomic E-state index is 0.0183. The lowest BCUT2D eigenvalue weighted by Gasteiger charge is -2.14. The van der Waals surface area contributed by atoms with Crippen molar-refractivity contribution in [2.75, 3.05) is 79.3 Å². The smallest absolute Gasteiger partial charge is 0.330 e. The first kappa shape index (κ1) is 43.9. The number of hydrogen-bond acceptors (Lipinski definition) is 24. The van der Waals surface area contributed by atoms with Gasteiger partial charge in [0.05, 0.1) is 19.8 Å². The maximum atomic E-state index is 11.0. The molecular weight excluding hydrogens is 768 g/mol. The van der Waals surface area contributed by atoms with Crippen molar-refractivity contribution in [2.24, 2.45) is 0 Å². The number of hydrogen-bond donors (Lipinski definition) is 3.